The zero-order chi connectivity index (χ0) is 37.1. The van der Waals surface area contributed by atoms with Gasteiger partial charge in [0.25, 0.3) is 0 Å². The lowest BCUT2D eigenvalue weighted by atomic mass is 9.98. The van der Waals surface area contributed by atoms with Gasteiger partial charge in [0, 0.05) is 51.1 Å². The highest BCUT2D eigenvalue weighted by molar-refractivity contribution is 6.14. The third kappa shape index (κ3) is 6.56. The zero-order valence-corrected chi connectivity index (χ0v) is 30.0. The minimum Gasteiger partial charge on any atom is -0.309 e. The summed E-state index contributed by atoms with van der Waals surface area (Å²) in [6.45, 7) is 8.92. The molecule has 9 aromatic rings. The molecule has 0 amide bonds. The largest absolute Gasteiger partial charge is 0.309 e. The molecular weight excluding hydrogens is 671 g/mol. The van der Waals surface area contributed by atoms with Crippen LogP contribution in [0.5, 0.6) is 0 Å². The van der Waals surface area contributed by atoms with Crippen LogP contribution in [-0.4, -0.2) is 24.5 Å². The Morgan fingerprint density at radius 3 is 1.80 bits per heavy atom. The zero-order valence-electron chi connectivity index (χ0n) is 30.0. The van der Waals surface area contributed by atoms with Gasteiger partial charge < -0.3 is 4.57 Å². The van der Waals surface area contributed by atoms with Gasteiger partial charge in [-0.3, -0.25) is 4.98 Å². The van der Waals surface area contributed by atoms with E-state index in [1.807, 2.05) is 85.1 Å². The summed E-state index contributed by atoms with van der Waals surface area (Å²) in [4.78, 5) is 19.1. The van der Waals surface area contributed by atoms with E-state index in [9.17, 15) is 0 Å². The first kappa shape index (κ1) is 33.3. The Bertz CT molecular complexity index is 2870. The van der Waals surface area contributed by atoms with E-state index in [0.29, 0.717) is 17.5 Å². The van der Waals surface area contributed by atoms with Crippen molar-refractivity contribution >= 4 is 33.0 Å². The topological polar surface area (TPSA) is 56.5 Å². The number of rotatable bonds is 9. The molecule has 0 saturated carbocycles. The second-order valence-corrected chi connectivity index (χ2v) is 13.3. The SMILES string of the molecule is C=C(/C=C\C(=C)c1cccc2c1c1ccccc1n2-c1ccccc1)c1ccc(-c2nc(-c3ccccc3)nc(-c3cccc(-c4cccnc4)c3)n2)cc1. The second kappa shape index (κ2) is 14.5. The molecule has 260 valence electrons. The Morgan fingerprint density at radius 1 is 0.473 bits per heavy atom. The lowest BCUT2D eigenvalue weighted by Gasteiger charge is -2.10. The van der Waals surface area contributed by atoms with Gasteiger partial charge in [0.2, 0.25) is 0 Å². The molecule has 0 aliphatic rings. The number of para-hydroxylation sites is 2. The van der Waals surface area contributed by atoms with E-state index >= 15 is 0 Å². The minimum absolute atomic E-state index is 0.597. The third-order valence-corrected chi connectivity index (χ3v) is 9.84. The first-order chi connectivity index (χ1) is 27.1. The number of aromatic nitrogens is 5. The van der Waals surface area contributed by atoms with Gasteiger partial charge in [-0.1, -0.05) is 153 Å². The fourth-order valence-electron chi connectivity index (χ4n) is 7.08. The van der Waals surface area contributed by atoms with E-state index < -0.39 is 0 Å². The summed E-state index contributed by atoms with van der Waals surface area (Å²) in [6.07, 6.45) is 7.74. The van der Waals surface area contributed by atoms with E-state index in [0.717, 1.165) is 66.8 Å². The van der Waals surface area contributed by atoms with Crippen LogP contribution in [0.3, 0.4) is 0 Å². The van der Waals surface area contributed by atoms with Crippen molar-refractivity contribution in [3.8, 4) is 51.0 Å². The van der Waals surface area contributed by atoms with Crippen molar-refractivity contribution in [3.05, 3.63) is 213 Å². The van der Waals surface area contributed by atoms with Crippen molar-refractivity contribution in [1.29, 1.82) is 0 Å². The van der Waals surface area contributed by atoms with Crippen molar-refractivity contribution in [1.82, 2.24) is 24.5 Å². The van der Waals surface area contributed by atoms with Crippen molar-refractivity contribution in [2.45, 2.75) is 0 Å². The molecule has 3 heterocycles. The van der Waals surface area contributed by atoms with Gasteiger partial charge in [0.15, 0.2) is 17.5 Å². The maximum atomic E-state index is 4.98. The molecule has 0 radical (unpaired) electrons. The first-order valence-corrected chi connectivity index (χ1v) is 18.2. The number of hydrogen-bond donors (Lipinski definition) is 0. The molecule has 0 aliphatic heterocycles. The van der Waals surface area contributed by atoms with Gasteiger partial charge in [-0.05, 0) is 64.2 Å². The van der Waals surface area contributed by atoms with Crippen molar-refractivity contribution < 1.29 is 0 Å². The summed E-state index contributed by atoms with van der Waals surface area (Å²) in [5.74, 6) is 1.81. The number of hydrogen-bond acceptors (Lipinski definition) is 4. The molecule has 0 fully saturated rings. The Labute approximate surface area is 320 Å². The summed E-state index contributed by atoms with van der Waals surface area (Å²) < 4.78 is 2.32. The average molecular weight is 706 g/mol. The summed E-state index contributed by atoms with van der Waals surface area (Å²) >= 11 is 0. The van der Waals surface area contributed by atoms with Crippen LogP contribution in [-0.2, 0) is 0 Å². The summed E-state index contributed by atoms with van der Waals surface area (Å²) in [7, 11) is 0. The molecule has 5 heteroatoms. The van der Waals surface area contributed by atoms with Crippen LogP contribution in [0.15, 0.2) is 201 Å². The molecule has 0 aliphatic carbocycles. The van der Waals surface area contributed by atoms with E-state index in [2.05, 4.69) is 120 Å². The highest BCUT2D eigenvalue weighted by atomic mass is 15.0. The molecule has 6 aromatic carbocycles. The third-order valence-electron chi connectivity index (χ3n) is 9.84. The molecule has 0 bridgehead atoms. The molecule has 55 heavy (non-hydrogen) atoms. The van der Waals surface area contributed by atoms with Gasteiger partial charge in [-0.25, -0.2) is 15.0 Å². The lowest BCUT2D eigenvalue weighted by Crippen LogP contribution is -2.00. The molecule has 3 aromatic heterocycles. The Hall–Kier alpha value is -7.50. The van der Waals surface area contributed by atoms with Crippen LogP contribution in [0, 0.1) is 0 Å². The first-order valence-electron chi connectivity index (χ1n) is 18.2. The fraction of sp³-hybridized carbons (Fsp3) is 0. The van der Waals surface area contributed by atoms with Crippen LogP contribution < -0.4 is 0 Å². The second-order valence-electron chi connectivity index (χ2n) is 13.3. The maximum Gasteiger partial charge on any atom is 0.164 e. The molecule has 0 spiro atoms. The number of nitrogens with zero attached hydrogens (tertiary/aromatic N) is 5. The predicted octanol–water partition coefficient (Wildman–Crippen LogP) is 12.3. The predicted molar refractivity (Wildman–Crippen MR) is 227 cm³/mol. The molecule has 0 atom stereocenters. The van der Waals surface area contributed by atoms with Crippen LogP contribution in [0.1, 0.15) is 11.1 Å². The molecule has 9 rings (SSSR count). The van der Waals surface area contributed by atoms with Gasteiger partial charge in [0.05, 0.1) is 11.0 Å². The normalized spacial score (nSPS) is 11.3. The Balaban J connectivity index is 1.02. The van der Waals surface area contributed by atoms with Crippen LogP contribution in [0.4, 0.5) is 0 Å². The molecule has 0 unspecified atom stereocenters. The van der Waals surface area contributed by atoms with Crippen LogP contribution in [0.25, 0.3) is 83.9 Å². The van der Waals surface area contributed by atoms with E-state index in [-0.39, 0.29) is 0 Å². The lowest BCUT2D eigenvalue weighted by molar-refractivity contribution is 1.07. The summed E-state index contributed by atoms with van der Waals surface area (Å²) in [5.41, 5.74) is 12.1. The van der Waals surface area contributed by atoms with E-state index in [1.165, 1.54) is 10.8 Å². The molecule has 0 N–H and O–H groups in total. The Kier molecular flexibility index (Phi) is 8.79. The minimum atomic E-state index is 0.597. The summed E-state index contributed by atoms with van der Waals surface area (Å²) in [5, 5.41) is 2.38. The maximum absolute atomic E-state index is 4.98. The van der Waals surface area contributed by atoms with Crippen LogP contribution in [0.2, 0.25) is 0 Å². The molecular formula is C50H35N5. The highest BCUT2D eigenvalue weighted by Crippen LogP contribution is 2.37. The van der Waals surface area contributed by atoms with E-state index in [4.69, 9.17) is 15.0 Å². The Morgan fingerprint density at radius 2 is 1.05 bits per heavy atom. The number of allylic oxidation sites excluding steroid dienone is 4. The van der Waals surface area contributed by atoms with E-state index in [1.54, 1.807) is 6.20 Å². The fourth-order valence-corrected chi connectivity index (χ4v) is 7.08. The number of fused-ring (bicyclic) bond motifs is 3. The summed E-state index contributed by atoms with van der Waals surface area (Å²) in [6, 6.07) is 55.9. The quantitative estimate of drug-likeness (QED) is 0.140. The number of pyridine rings is 1. The average Bonchev–Trinajstić information content (AvgIpc) is 3.61. The van der Waals surface area contributed by atoms with Crippen LogP contribution >= 0.6 is 0 Å². The van der Waals surface area contributed by atoms with Crippen molar-refractivity contribution in [3.63, 3.8) is 0 Å². The smallest absolute Gasteiger partial charge is 0.164 e. The monoisotopic (exact) mass is 705 g/mol. The number of benzene rings is 6. The molecule has 5 nitrogen and oxygen atoms in total. The highest BCUT2D eigenvalue weighted by Gasteiger charge is 2.16. The standard InChI is InChI=1S/C50H35N5/c1-34(25-26-35(2)43-22-12-24-46-47(43)44-21-9-10-23-45(44)55(46)42-19-7-4-8-20-42)36-27-29-38(30-28-36)49-52-48(37-14-5-3-6-15-37)53-50(54-49)40-17-11-16-39(32-40)41-18-13-31-51-33-41/h3-33H,1-2H2/b26-25-. The van der Waals surface area contributed by atoms with Crippen molar-refractivity contribution in [2.24, 2.45) is 0 Å². The van der Waals surface area contributed by atoms with Gasteiger partial charge in [0.1, 0.15) is 0 Å². The van der Waals surface area contributed by atoms with Crippen molar-refractivity contribution in [2.75, 3.05) is 0 Å². The van der Waals surface area contributed by atoms with Gasteiger partial charge >= 0.3 is 0 Å². The molecule has 0 saturated heterocycles. The van der Waals surface area contributed by atoms with Gasteiger partial charge in [-0.15, -0.1) is 0 Å². The van der Waals surface area contributed by atoms with Gasteiger partial charge in [-0.2, -0.15) is 0 Å².